The summed E-state index contributed by atoms with van der Waals surface area (Å²) in [6, 6.07) is 3.42. The minimum atomic E-state index is -0.448. The van der Waals surface area contributed by atoms with Crippen LogP contribution in [0.2, 0.25) is 0 Å². The molecule has 1 saturated carbocycles. The van der Waals surface area contributed by atoms with Crippen molar-refractivity contribution >= 4 is 11.8 Å². The summed E-state index contributed by atoms with van der Waals surface area (Å²) in [6.45, 7) is 1.34. The lowest BCUT2D eigenvalue weighted by molar-refractivity contribution is 0.437. The van der Waals surface area contributed by atoms with E-state index in [4.69, 9.17) is 0 Å². The second-order valence-electron chi connectivity index (χ2n) is 5.20. The average Bonchev–Trinajstić information content (AvgIpc) is 3.13. The molecule has 106 valence electrons. The standard InChI is InChI=1S/C14H20F2N2S/c1-18(2)5-6-19-14-12(15)7-10(8-13(14)16)9-17-11-3-4-11/h7-8,11,17H,3-6,9H2,1-2H3. The van der Waals surface area contributed by atoms with Crippen molar-refractivity contribution in [3.05, 3.63) is 29.3 Å². The summed E-state index contributed by atoms with van der Waals surface area (Å²) in [6.07, 6.45) is 2.34. The van der Waals surface area contributed by atoms with E-state index in [0.717, 1.165) is 6.54 Å². The fraction of sp³-hybridized carbons (Fsp3) is 0.571. The summed E-state index contributed by atoms with van der Waals surface area (Å²) in [5, 5.41) is 3.26. The van der Waals surface area contributed by atoms with Gasteiger partial charge in [0.05, 0.1) is 4.90 Å². The van der Waals surface area contributed by atoms with Crippen LogP contribution >= 0.6 is 11.8 Å². The van der Waals surface area contributed by atoms with Gasteiger partial charge < -0.3 is 10.2 Å². The molecule has 0 aromatic heterocycles. The molecule has 1 aliphatic rings. The minimum Gasteiger partial charge on any atom is -0.310 e. The fourth-order valence-corrected chi connectivity index (χ4v) is 2.79. The molecule has 1 aromatic carbocycles. The number of halogens is 2. The van der Waals surface area contributed by atoms with E-state index < -0.39 is 11.6 Å². The Hall–Kier alpha value is -0.650. The first kappa shape index (κ1) is 14.8. The molecule has 19 heavy (non-hydrogen) atoms. The molecule has 5 heteroatoms. The molecular formula is C14H20F2N2S. The molecule has 0 atom stereocenters. The van der Waals surface area contributed by atoms with E-state index in [1.807, 2.05) is 19.0 Å². The molecule has 0 radical (unpaired) electrons. The predicted octanol–water partition coefficient (Wildman–Crippen LogP) is 2.87. The molecule has 0 amide bonds. The van der Waals surface area contributed by atoms with Crippen molar-refractivity contribution in [2.75, 3.05) is 26.4 Å². The van der Waals surface area contributed by atoms with E-state index in [9.17, 15) is 8.78 Å². The number of nitrogens with zero attached hydrogens (tertiary/aromatic N) is 1. The smallest absolute Gasteiger partial charge is 0.140 e. The Balaban J connectivity index is 1.94. The highest BCUT2D eigenvalue weighted by atomic mass is 32.2. The third-order valence-electron chi connectivity index (χ3n) is 3.02. The van der Waals surface area contributed by atoms with Crippen LogP contribution in [-0.2, 0) is 6.54 Å². The SMILES string of the molecule is CN(C)CCSc1c(F)cc(CNC2CC2)cc1F. The monoisotopic (exact) mass is 286 g/mol. The Morgan fingerprint density at radius 2 is 1.89 bits per heavy atom. The molecule has 0 spiro atoms. The summed E-state index contributed by atoms with van der Waals surface area (Å²) in [7, 11) is 3.89. The van der Waals surface area contributed by atoms with Crippen LogP contribution in [0.3, 0.4) is 0 Å². The third kappa shape index (κ3) is 4.75. The highest BCUT2D eigenvalue weighted by molar-refractivity contribution is 7.99. The van der Waals surface area contributed by atoms with Gasteiger partial charge in [0.2, 0.25) is 0 Å². The van der Waals surface area contributed by atoms with Crippen molar-refractivity contribution in [3.8, 4) is 0 Å². The summed E-state index contributed by atoms with van der Waals surface area (Å²) in [5.74, 6) is -0.215. The number of nitrogens with one attached hydrogen (secondary N) is 1. The van der Waals surface area contributed by atoms with Crippen LogP contribution in [-0.4, -0.2) is 37.3 Å². The van der Waals surface area contributed by atoms with Crippen LogP contribution < -0.4 is 5.32 Å². The van der Waals surface area contributed by atoms with Gasteiger partial charge in [-0.2, -0.15) is 0 Å². The quantitative estimate of drug-likeness (QED) is 0.776. The molecule has 1 aliphatic carbocycles. The van der Waals surface area contributed by atoms with Gasteiger partial charge in [-0.3, -0.25) is 0 Å². The third-order valence-corrected chi connectivity index (χ3v) is 4.08. The molecule has 1 aromatic rings. The zero-order chi connectivity index (χ0) is 13.8. The molecule has 0 saturated heterocycles. The maximum absolute atomic E-state index is 13.9. The second kappa shape index (κ2) is 6.68. The number of hydrogen-bond acceptors (Lipinski definition) is 3. The summed E-state index contributed by atoms with van der Waals surface area (Å²) in [4.78, 5) is 2.13. The average molecular weight is 286 g/mol. The lowest BCUT2D eigenvalue weighted by Gasteiger charge is -2.11. The van der Waals surface area contributed by atoms with Gasteiger partial charge in [0.1, 0.15) is 11.6 Å². The van der Waals surface area contributed by atoms with E-state index >= 15 is 0 Å². The van der Waals surface area contributed by atoms with Gasteiger partial charge in [-0.05, 0) is 44.6 Å². The first-order valence-corrected chi connectivity index (χ1v) is 7.53. The van der Waals surface area contributed by atoms with Gasteiger partial charge in [0, 0.05) is 24.9 Å². The lowest BCUT2D eigenvalue weighted by Crippen LogP contribution is -2.16. The molecule has 1 fully saturated rings. The van der Waals surface area contributed by atoms with E-state index in [1.54, 1.807) is 0 Å². The van der Waals surface area contributed by atoms with E-state index in [-0.39, 0.29) is 4.90 Å². The zero-order valence-electron chi connectivity index (χ0n) is 11.4. The normalized spacial score (nSPS) is 15.2. The largest absolute Gasteiger partial charge is 0.310 e. The zero-order valence-corrected chi connectivity index (χ0v) is 12.2. The molecule has 2 rings (SSSR count). The van der Waals surface area contributed by atoms with Gasteiger partial charge >= 0.3 is 0 Å². The van der Waals surface area contributed by atoms with Crippen LogP contribution in [0.4, 0.5) is 8.78 Å². The van der Waals surface area contributed by atoms with Crippen molar-refractivity contribution in [1.82, 2.24) is 10.2 Å². The van der Waals surface area contributed by atoms with Crippen molar-refractivity contribution in [2.24, 2.45) is 0 Å². The molecule has 0 heterocycles. The number of thioether (sulfide) groups is 1. The lowest BCUT2D eigenvalue weighted by atomic mass is 10.2. The van der Waals surface area contributed by atoms with Crippen molar-refractivity contribution in [2.45, 2.75) is 30.3 Å². The van der Waals surface area contributed by atoms with Crippen molar-refractivity contribution < 1.29 is 8.78 Å². The van der Waals surface area contributed by atoms with Gasteiger partial charge in [0.25, 0.3) is 0 Å². The fourth-order valence-electron chi connectivity index (χ4n) is 1.73. The first-order valence-electron chi connectivity index (χ1n) is 6.55. The highest BCUT2D eigenvalue weighted by Gasteiger charge is 2.20. The Morgan fingerprint density at radius 1 is 1.26 bits per heavy atom. The Labute approximate surface area is 117 Å². The topological polar surface area (TPSA) is 15.3 Å². The summed E-state index contributed by atoms with van der Waals surface area (Å²) < 4.78 is 27.7. The van der Waals surface area contributed by atoms with Crippen LogP contribution in [0.1, 0.15) is 18.4 Å². The summed E-state index contributed by atoms with van der Waals surface area (Å²) >= 11 is 1.24. The van der Waals surface area contributed by atoms with Crippen LogP contribution in [0.5, 0.6) is 0 Å². The molecule has 0 bridgehead atoms. The molecule has 0 unspecified atom stereocenters. The molecule has 2 nitrogen and oxygen atoms in total. The Morgan fingerprint density at radius 3 is 2.42 bits per heavy atom. The number of rotatable bonds is 7. The van der Waals surface area contributed by atoms with Crippen LogP contribution in [0.25, 0.3) is 0 Å². The highest BCUT2D eigenvalue weighted by Crippen LogP contribution is 2.27. The number of benzene rings is 1. The van der Waals surface area contributed by atoms with E-state index in [1.165, 1.54) is 36.7 Å². The first-order chi connectivity index (χ1) is 9.06. The predicted molar refractivity (Wildman–Crippen MR) is 75.5 cm³/mol. The van der Waals surface area contributed by atoms with Gasteiger partial charge in [0.15, 0.2) is 0 Å². The van der Waals surface area contributed by atoms with Gasteiger partial charge in [-0.15, -0.1) is 11.8 Å². The Bertz CT molecular complexity index is 410. The van der Waals surface area contributed by atoms with Crippen molar-refractivity contribution in [3.63, 3.8) is 0 Å². The maximum Gasteiger partial charge on any atom is 0.140 e. The Kier molecular flexibility index (Phi) is 5.19. The van der Waals surface area contributed by atoms with Gasteiger partial charge in [-0.1, -0.05) is 0 Å². The van der Waals surface area contributed by atoms with Crippen LogP contribution in [0, 0.1) is 11.6 Å². The van der Waals surface area contributed by atoms with Crippen molar-refractivity contribution in [1.29, 1.82) is 0 Å². The van der Waals surface area contributed by atoms with Gasteiger partial charge in [-0.25, -0.2) is 8.78 Å². The summed E-state index contributed by atoms with van der Waals surface area (Å²) in [5.41, 5.74) is 0.679. The van der Waals surface area contributed by atoms with E-state index in [2.05, 4.69) is 5.32 Å². The van der Waals surface area contributed by atoms with E-state index in [0.29, 0.717) is 23.9 Å². The second-order valence-corrected chi connectivity index (χ2v) is 6.30. The molecule has 1 N–H and O–H groups in total. The number of hydrogen-bond donors (Lipinski definition) is 1. The van der Waals surface area contributed by atoms with Crippen LogP contribution in [0.15, 0.2) is 17.0 Å². The minimum absolute atomic E-state index is 0.136. The molecular weight excluding hydrogens is 266 g/mol. The molecule has 0 aliphatic heterocycles. The maximum atomic E-state index is 13.9.